The zero-order valence-corrected chi connectivity index (χ0v) is 10.9. The molecule has 2 rings (SSSR count). The fourth-order valence-corrected chi connectivity index (χ4v) is 2.38. The predicted octanol–water partition coefficient (Wildman–Crippen LogP) is 2.69. The molecule has 0 fully saturated rings. The van der Waals surface area contributed by atoms with E-state index in [9.17, 15) is 9.59 Å². The van der Waals surface area contributed by atoms with E-state index in [1.165, 1.54) is 11.3 Å². The number of carbonyl (C=O) groups excluding carboxylic acids is 1. The lowest BCUT2D eigenvalue weighted by Gasteiger charge is -2.17. The van der Waals surface area contributed by atoms with Gasteiger partial charge in [-0.05, 0) is 17.0 Å². The first kappa shape index (κ1) is 13.3. The van der Waals surface area contributed by atoms with Crippen molar-refractivity contribution >= 4 is 23.2 Å². The number of carboxylic acid groups (broad SMARTS) is 1. The first-order valence-corrected chi connectivity index (χ1v) is 6.71. The third-order valence-corrected chi connectivity index (χ3v) is 3.35. The van der Waals surface area contributed by atoms with Crippen LogP contribution in [0.5, 0.6) is 0 Å². The van der Waals surface area contributed by atoms with Gasteiger partial charge in [-0.15, -0.1) is 0 Å². The number of amides is 1. The number of nitrogens with one attached hydrogen (secondary N) is 1. The smallest absolute Gasteiger partial charge is 0.305 e. The van der Waals surface area contributed by atoms with Crippen LogP contribution in [0.15, 0.2) is 47.2 Å². The lowest BCUT2D eigenvalue weighted by atomic mass is 10.0. The molecule has 0 saturated heterocycles. The van der Waals surface area contributed by atoms with Gasteiger partial charge in [-0.1, -0.05) is 30.3 Å². The van der Waals surface area contributed by atoms with Crippen molar-refractivity contribution in [1.29, 1.82) is 0 Å². The van der Waals surface area contributed by atoms with Crippen molar-refractivity contribution in [3.8, 4) is 0 Å². The van der Waals surface area contributed by atoms with Crippen LogP contribution in [0.3, 0.4) is 0 Å². The van der Waals surface area contributed by atoms with Crippen LogP contribution in [-0.2, 0) is 4.79 Å². The second-order valence-corrected chi connectivity index (χ2v) is 4.83. The summed E-state index contributed by atoms with van der Waals surface area (Å²) in [6, 6.07) is 10.3. The Morgan fingerprint density at radius 3 is 2.53 bits per heavy atom. The standard InChI is InChI=1S/C14H13NO3S/c16-13(17)8-12(10-4-2-1-3-5-10)15-14(18)11-6-7-19-9-11/h1-7,9,12H,8H2,(H,15,18)(H,16,17). The third-order valence-electron chi connectivity index (χ3n) is 2.67. The van der Waals surface area contributed by atoms with E-state index < -0.39 is 12.0 Å². The molecule has 98 valence electrons. The molecule has 0 radical (unpaired) electrons. The van der Waals surface area contributed by atoms with E-state index in [0.717, 1.165) is 5.56 Å². The monoisotopic (exact) mass is 275 g/mol. The van der Waals surface area contributed by atoms with Crippen LogP contribution >= 0.6 is 11.3 Å². The summed E-state index contributed by atoms with van der Waals surface area (Å²) in [6.07, 6.45) is -0.139. The molecule has 0 aliphatic heterocycles. The number of carboxylic acids is 1. The molecular formula is C14H13NO3S. The molecule has 1 unspecified atom stereocenters. The maximum absolute atomic E-state index is 12.0. The number of carbonyl (C=O) groups is 2. The number of hydrogen-bond donors (Lipinski definition) is 2. The summed E-state index contributed by atoms with van der Waals surface area (Å²) < 4.78 is 0. The second kappa shape index (κ2) is 6.15. The van der Waals surface area contributed by atoms with Gasteiger partial charge in [0.05, 0.1) is 18.0 Å². The van der Waals surface area contributed by atoms with E-state index >= 15 is 0 Å². The van der Waals surface area contributed by atoms with Gasteiger partial charge in [-0.25, -0.2) is 0 Å². The molecule has 4 nitrogen and oxygen atoms in total. The molecule has 1 atom stereocenters. The summed E-state index contributed by atoms with van der Waals surface area (Å²) in [5.41, 5.74) is 1.34. The van der Waals surface area contributed by atoms with Crippen molar-refractivity contribution in [3.63, 3.8) is 0 Å². The van der Waals surface area contributed by atoms with E-state index in [1.807, 2.05) is 35.7 Å². The number of benzene rings is 1. The zero-order chi connectivity index (χ0) is 13.7. The lowest BCUT2D eigenvalue weighted by Crippen LogP contribution is -2.29. The van der Waals surface area contributed by atoms with Crippen molar-refractivity contribution < 1.29 is 14.7 Å². The van der Waals surface area contributed by atoms with E-state index in [1.54, 1.807) is 11.4 Å². The van der Waals surface area contributed by atoms with Crippen LogP contribution in [-0.4, -0.2) is 17.0 Å². The summed E-state index contributed by atoms with van der Waals surface area (Å²) in [4.78, 5) is 22.9. The molecule has 5 heteroatoms. The molecule has 1 aromatic carbocycles. The van der Waals surface area contributed by atoms with Gasteiger partial charge in [0.1, 0.15) is 0 Å². The van der Waals surface area contributed by atoms with E-state index in [2.05, 4.69) is 5.32 Å². The number of thiophene rings is 1. The summed E-state index contributed by atoms with van der Waals surface area (Å²) in [5.74, 6) is -1.20. The van der Waals surface area contributed by atoms with E-state index in [4.69, 9.17) is 5.11 Å². The lowest BCUT2D eigenvalue weighted by molar-refractivity contribution is -0.137. The van der Waals surface area contributed by atoms with Crippen LogP contribution in [0.25, 0.3) is 0 Å². The number of rotatable bonds is 5. The summed E-state index contributed by atoms with van der Waals surface area (Å²) >= 11 is 1.43. The van der Waals surface area contributed by atoms with Gasteiger partial charge in [0.15, 0.2) is 0 Å². The predicted molar refractivity (Wildman–Crippen MR) is 73.2 cm³/mol. The quantitative estimate of drug-likeness (QED) is 0.881. The Bertz CT molecular complexity index is 551. The van der Waals surface area contributed by atoms with Crippen molar-refractivity contribution in [2.24, 2.45) is 0 Å². The van der Waals surface area contributed by atoms with Gasteiger partial charge in [0.25, 0.3) is 5.91 Å². The molecule has 0 saturated carbocycles. The van der Waals surface area contributed by atoms with E-state index in [-0.39, 0.29) is 12.3 Å². The van der Waals surface area contributed by atoms with Crippen LogP contribution < -0.4 is 5.32 Å². The average Bonchev–Trinajstić information content (AvgIpc) is 2.92. The Hall–Kier alpha value is -2.14. The van der Waals surface area contributed by atoms with Gasteiger partial charge < -0.3 is 10.4 Å². The van der Waals surface area contributed by atoms with Crippen molar-refractivity contribution in [2.75, 3.05) is 0 Å². The topological polar surface area (TPSA) is 66.4 Å². The van der Waals surface area contributed by atoms with Crippen molar-refractivity contribution in [2.45, 2.75) is 12.5 Å². The Morgan fingerprint density at radius 1 is 1.21 bits per heavy atom. The minimum absolute atomic E-state index is 0.139. The third kappa shape index (κ3) is 3.66. The van der Waals surface area contributed by atoms with Crippen molar-refractivity contribution in [3.05, 3.63) is 58.3 Å². The van der Waals surface area contributed by atoms with Gasteiger partial charge in [-0.2, -0.15) is 11.3 Å². The average molecular weight is 275 g/mol. The number of aliphatic carboxylic acids is 1. The molecular weight excluding hydrogens is 262 g/mol. The van der Waals surface area contributed by atoms with Crippen molar-refractivity contribution in [1.82, 2.24) is 5.32 Å². The Morgan fingerprint density at radius 2 is 1.95 bits per heavy atom. The first-order valence-electron chi connectivity index (χ1n) is 5.76. The Labute approximate surface area is 114 Å². The highest BCUT2D eigenvalue weighted by molar-refractivity contribution is 7.08. The van der Waals surface area contributed by atoms with Crippen LogP contribution in [0.2, 0.25) is 0 Å². The minimum Gasteiger partial charge on any atom is -0.481 e. The molecule has 0 aliphatic carbocycles. The molecule has 0 aliphatic rings. The second-order valence-electron chi connectivity index (χ2n) is 4.05. The molecule has 2 N–H and O–H groups in total. The SMILES string of the molecule is O=C(O)CC(NC(=O)c1ccsc1)c1ccccc1. The maximum Gasteiger partial charge on any atom is 0.305 e. The molecule has 19 heavy (non-hydrogen) atoms. The fourth-order valence-electron chi connectivity index (χ4n) is 1.75. The largest absolute Gasteiger partial charge is 0.481 e. The molecule has 0 spiro atoms. The van der Waals surface area contributed by atoms with Crippen LogP contribution in [0.4, 0.5) is 0 Å². The fraction of sp³-hybridized carbons (Fsp3) is 0.143. The van der Waals surface area contributed by atoms with E-state index in [0.29, 0.717) is 5.56 Å². The minimum atomic E-state index is -0.945. The molecule has 0 bridgehead atoms. The summed E-state index contributed by atoms with van der Waals surface area (Å²) in [7, 11) is 0. The molecule has 1 heterocycles. The number of hydrogen-bond acceptors (Lipinski definition) is 3. The van der Waals surface area contributed by atoms with Gasteiger partial charge >= 0.3 is 5.97 Å². The van der Waals surface area contributed by atoms with Gasteiger partial charge in [-0.3, -0.25) is 9.59 Å². The Balaban J connectivity index is 2.15. The highest BCUT2D eigenvalue weighted by atomic mass is 32.1. The van der Waals surface area contributed by atoms with Crippen LogP contribution in [0, 0.1) is 0 Å². The van der Waals surface area contributed by atoms with Crippen LogP contribution in [0.1, 0.15) is 28.4 Å². The highest BCUT2D eigenvalue weighted by Gasteiger charge is 2.18. The zero-order valence-electron chi connectivity index (χ0n) is 10.1. The Kier molecular flexibility index (Phi) is 4.30. The first-order chi connectivity index (χ1) is 9.16. The normalized spacial score (nSPS) is 11.8. The van der Waals surface area contributed by atoms with Gasteiger partial charge in [0, 0.05) is 5.38 Å². The van der Waals surface area contributed by atoms with Gasteiger partial charge in [0.2, 0.25) is 0 Å². The summed E-state index contributed by atoms with van der Waals surface area (Å²) in [5, 5.41) is 15.2. The molecule has 1 amide bonds. The summed E-state index contributed by atoms with van der Waals surface area (Å²) in [6.45, 7) is 0. The highest BCUT2D eigenvalue weighted by Crippen LogP contribution is 2.17. The molecule has 2 aromatic rings. The molecule has 1 aromatic heterocycles. The maximum atomic E-state index is 12.0.